The minimum absolute atomic E-state index is 0.0523. The lowest BCUT2D eigenvalue weighted by Crippen LogP contribution is -2.37. The van der Waals surface area contributed by atoms with Gasteiger partial charge in [0.15, 0.2) is 0 Å². The molecule has 7 nitrogen and oxygen atoms in total. The van der Waals surface area contributed by atoms with Crippen molar-refractivity contribution in [2.24, 2.45) is 0 Å². The van der Waals surface area contributed by atoms with Gasteiger partial charge in [0.25, 0.3) is 11.8 Å². The smallest absolute Gasteiger partial charge is 0.254 e. The van der Waals surface area contributed by atoms with Crippen molar-refractivity contribution in [3.8, 4) is 5.75 Å². The molecule has 2 aromatic rings. The van der Waals surface area contributed by atoms with Gasteiger partial charge in [-0.3, -0.25) is 14.4 Å². The highest BCUT2D eigenvalue weighted by atomic mass is 16.3. The third kappa shape index (κ3) is 4.68. The van der Waals surface area contributed by atoms with Gasteiger partial charge in [-0.15, -0.1) is 0 Å². The van der Waals surface area contributed by atoms with E-state index in [4.69, 9.17) is 0 Å². The second kappa shape index (κ2) is 8.56. The SMILES string of the molecule is CC(=O)Nc1cccc(C(=O)N2CCCN(C(=O)c3cccc(O)c3)CC2)c1. The molecule has 3 rings (SSSR count). The summed E-state index contributed by atoms with van der Waals surface area (Å²) in [5, 5.41) is 12.3. The molecule has 0 bridgehead atoms. The monoisotopic (exact) mass is 381 g/mol. The average Bonchev–Trinajstić information content (AvgIpc) is 2.93. The maximum atomic E-state index is 12.9. The number of benzene rings is 2. The van der Waals surface area contributed by atoms with Crippen LogP contribution in [0.3, 0.4) is 0 Å². The molecule has 1 aliphatic heterocycles. The number of aromatic hydroxyl groups is 1. The summed E-state index contributed by atoms with van der Waals surface area (Å²) in [6, 6.07) is 13.1. The standard InChI is InChI=1S/C21H23N3O4/c1-15(25)22-18-7-2-5-16(13-18)20(27)23-9-4-10-24(12-11-23)21(28)17-6-3-8-19(26)14-17/h2-3,5-8,13-14,26H,4,9-12H2,1H3,(H,22,25). The fraction of sp³-hybridized carbons (Fsp3) is 0.286. The van der Waals surface area contributed by atoms with Crippen LogP contribution in [0.25, 0.3) is 0 Å². The van der Waals surface area contributed by atoms with Crippen LogP contribution in [-0.4, -0.2) is 58.8 Å². The van der Waals surface area contributed by atoms with E-state index in [1.54, 1.807) is 46.2 Å². The van der Waals surface area contributed by atoms with Gasteiger partial charge in [-0.05, 0) is 42.8 Å². The van der Waals surface area contributed by atoms with Crippen molar-refractivity contribution >= 4 is 23.4 Å². The molecule has 1 heterocycles. The predicted molar refractivity (Wildman–Crippen MR) is 105 cm³/mol. The van der Waals surface area contributed by atoms with Crippen molar-refractivity contribution in [1.29, 1.82) is 0 Å². The van der Waals surface area contributed by atoms with Crippen LogP contribution in [0, 0.1) is 0 Å². The molecule has 3 amide bonds. The van der Waals surface area contributed by atoms with Gasteiger partial charge in [0, 0.05) is 49.9 Å². The van der Waals surface area contributed by atoms with E-state index in [9.17, 15) is 19.5 Å². The van der Waals surface area contributed by atoms with Crippen molar-refractivity contribution in [1.82, 2.24) is 9.80 Å². The molecule has 1 saturated heterocycles. The molecular formula is C21H23N3O4. The number of hydrogen-bond acceptors (Lipinski definition) is 4. The van der Waals surface area contributed by atoms with E-state index in [2.05, 4.69) is 5.32 Å². The van der Waals surface area contributed by atoms with Gasteiger partial charge in [-0.2, -0.15) is 0 Å². The van der Waals surface area contributed by atoms with E-state index in [0.717, 1.165) is 0 Å². The Morgan fingerprint density at radius 2 is 1.43 bits per heavy atom. The maximum absolute atomic E-state index is 12.9. The Balaban J connectivity index is 1.67. The molecule has 7 heteroatoms. The molecule has 1 aliphatic rings. The third-order valence-corrected chi connectivity index (χ3v) is 4.59. The first-order valence-corrected chi connectivity index (χ1v) is 9.19. The Morgan fingerprint density at radius 3 is 2.00 bits per heavy atom. The summed E-state index contributed by atoms with van der Waals surface area (Å²) in [6.45, 7) is 3.36. The van der Waals surface area contributed by atoms with Gasteiger partial charge in [0.05, 0.1) is 0 Å². The first-order valence-electron chi connectivity index (χ1n) is 9.19. The van der Waals surface area contributed by atoms with E-state index < -0.39 is 0 Å². The molecule has 28 heavy (non-hydrogen) atoms. The zero-order valence-electron chi connectivity index (χ0n) is 15.7. The van der Waals surface area contributed by atoms with Gasteiger partial charge in [0.1, 0.15) is 5.75 Å². The van der Waals surface area contributed by atoms with Crippen LogP contribution in [0.4, 0.5) is 5.69 Å². The molecule has 0 radical (unpaired) electrons. The highest BCUT2D eigenvalue weighted by molar-refractivity contribution is 5.97. The van der Waals surface area contributed by atoms with Crippen LogP contribution in [0.5, 0.6) is 5.75 Å². The lowest BCUT2D eigenvalue weighted by Gasteiger charge is -2.22. The first-order chi connectivity index (χ1) is 13.4. The minimum atomic E-state index is -0.194. The molecule has 2 aromatic carbocycles. The second-order valence-electron chi connectivity index (χ2n) is 6.75. The number of nitrogens with one attached hydrogen (secondary N) is 1. The summed E-state index contributed by atoms with van der Waals surface area (Å²) in [5.41, 5.74) is 1.51. The molecule has 2 N–H and O–H groups in total. The van der Waals surface area contributed by atoms with Gasteiger partial charge >= 0.3 is 0 Å². The van der Waals surface area contributed by atoms with Gasteiger partial charge in [-0.25, -0.2) is 0 Å². The van der Waals surface area contributed by atoms with Crippen molar-refractivity contribution in [2.45, 2.75) is 13.3 Å². The number of phenols is 1. The van der Waals surface area contributed by atoms with E-state index >= 15 is 0 Å². The molecule has 0 unspecified atom stereocenters. The van der Waals surface area contributed by atoms with Crippen molar-refractivity contribution in [2.75, 3.05) is 31.5 Å². The molecule has 0 atom stereocenters. The molecule has 0 spiro atoms. The minimum Gasteiger partial charge on any atom is -0.508 e. The van der Waals surface area contributed by atoms with Crippen LogP contribution >= 0.6 is 0 Å². The summed E-state index contributed by atoms with van der Waals surface area (Å²) in [5.74, 6) is -0.422. The number of hydrogen-bond donors (Lipinski definition) is 2. The number of carbonyl (C=O) groups is 3. The highest BCUT2D eigenvalue weighted by Crippen LogP contribution is 2.17. The Kier molecular flexibility index (Phi) is 5.93. The Bertz CT molecular complexity index is 897. The largest absolute Gasteiger partial charge is 0.508 e. The average molecular weight is 381 g/mol. The molecule has 0 aromatic heterocycles. The molecule has 0 aliphatic carbocycles. The van der Waals surface area contributed by atoms with Crippen LogP contribution < -0.4 is 5.32 Å². The maximum Gasteiger partial charge on any atom is 0.254 e. The number of anilines is 1. The zero-order valence-corrected chi connectivity index (χ0v) is 15.7. The summed E-state index contributed by atoms with van der Waals surface area (Å²) in [6.07, 6.45) is 0.668. The number of amides is 3. The number of carbonyl (C=O) groups excluding carboxylic acids is 3. The van der Waals surface area contributed by atoms with Crippen molar-refractivity contribution in [3.63, 3.8) is 0 Å². The van der Waals surface area contributed by atoms with Crippen LogP contribution in [0.2, 0.25) is 0 Å². The van der Waals surface area contributed by atoms with Crippen LogP contribution in [0.15, 0.2) is 48.5 Å². The predicted octanol–water partition coefficient (Wildman–Crippen LogP) is 2.34. The summed E-state index contributed by atoms with van der Waals surface area (Å²) < 4.78 is 0. The zero-order chi connectivity index (χ0) is 20.1. The normalized spacial score (nSPS) is 14.3. The Labute approximate surface area is 163 Å². The fourth-order valence-electron chi connectivity index (χ4n) is 3.26. The van der Waals surface area contributed by atoms with E-state index in [1.165, 1.54) is 19.1 Å². The van der Waals surface area contributed by atoms with Gasteiger partial charge < -0.3 is 20.2 Å². The Morgan fingerprint density at radius 1 is 0.857 bits per heavy atom. The highest BCUT2D eigenvalue weighted by Gasteiger charge is 2.24. The first kappa shape index (κ1) is 19.4. The molecule has 1 fully saturated rings. The van der Waals surface area contributed by atoms with Crippen molar-refractivity contribution in [3.05, 3.63) is 59.7 Å². The van der Waals surface area contributed by atoms with E-state index in [0.29, 0.717) is 49.4 Å². The lowest BCUT2D eigenvalue weighted by atomic mass is 10.1. The van der Waals surface area contributed by atoms with Crippen LogP contribution in [0.1, 0.15) is 34.1 Å². The Hall–Kier alpha value is -3.35. The quantitative estimate of drug-likeness (QED) is 0.854. The van der Waals surface area contributed by atoms with E-state index in [-0.39, 0.29) is 23.5 Å². The topological polar surface area (TPSA) is 90.0 Å². The molecule has 0 saturated carbocycles. The summed E-state index contributed by atoms with van der Waals surface area (Å²) >= 11 is 0. The lowest BCUT2D eigenvalue weighted by molar-refractivity contribution is -0.114. The van der Waals surface area contributed by atoms with Gasteiger partial charge in [0.2, 0.25) is 5.91 Å². The third-order valence-electron chi connectivity index (χ3n) is 4.59. The summed E-state index contributed by atoms with van der Waals surface area (Å²) in [7, 11) is 0. The molecular weight excluding hydrogens is 358 g/mol. The fourth-order valence-corrected chi connectivity index (χ4v) is 3.26. The number of rotatable bonds is 3. The van der Waals surface area contributed by atoms with Crippen LogP contribution in [-0.2, 0) is 4.79 Å². The van der Waals surface area contributed by atoms with Crippen molar-refractivity contribution < 1.29 is 19.5 Å². The summed E-state index contributed by atoms with van der Waals surface area (Å²) in [4.78, 5) is 40.2. The number of phenolic OH excluding ortho intramolecular Hbond substituents is 1. The second-order valence-corrected chi connectivity index (χ2v) is 6.75. The van der Waals surface area contributed by atoms with E-state index in [1.807, 2.05) is 0 Å². The number of nitrogens with zero attached hydrogens (tertiary/aromatic N) is 2. The molecule has 146 valence electrons. The van der Waals surface area contributed by atoms with Gasteiger partial charge in [-0.1, -0.05) is 12.1 Å².